The molecule has 1 aliphatic heterocycles. The topological polar surface area (TPSA) is 38.0 Å². The molecule has 0 radical (unpaired) electrons. The number of nitrogens with one attached hydrogen (secondary N) is 1. The highest BCUT2D eigenvalue weighted by Gasteiger charge is 2.21. The zero-order valence-corrected chi connectivity index (χ0v) is 7.30. The van der Waals surface area contributed by atoms with Crippen LogP contribution in [0.3, 0.4) is 0 Å². The molecule has 0 bridgehead atoms. The summed E-state index contributed by atoms with van der Waals surface area (Å²) in [6.07, 6.45) is 1.18. The van der Waals surface area contributed by atoms with E-state index in [0.717, 1.165) is 17.9 Å². The van der Waals surface area contributed by atoms with E-state index < -0.39 is 0 Å². The Hall–Kier alpha value is -1.18. The second-order valence-corrected chi connectivity index (χ2v) is 3.30. The number of rotatable bonds is 1. The van der Waals surface area contributed by atoms with E-state index in [0.29, 0.717) is 5.92 Å². The largest absolute Gasteiger partial charge is 0.397 e. The van der Waals surface area contributed by atoms with Gasteiger partial charge in [-0.3, -0.25) is 0 Å². The average molecular weight is 162 g/mol. The molecule has 1 heterocycles. The number of hydrogen-bond acceptors (Lipinski definition) is 2. The van der Waals surface area contributed by atoms with Crippen molar-refractivity contribution in [3.63, 3.8) is 0 Å². The minimum absolute atomic E-state index is 0.656. The molecular weight excluding hydrogens is 148 g/mol. The number of fused-ring (bicyclic) bond motifs is 1. The van der Waals surface area contributed by atoms with Crippen LogP contribution in [0.2, 0.25) is 0 Å². The lowest BCUT2D eigenvalue weighted by atomic mass is 9.98. The van der Waals surface area contributed by atoms with Crippen LogP contribution in [0.1, 0.15) is 24.8 Å². The van der Waals surface area contributed by atoms with E-state index in [2.05, 4.69) is 18.3 Å². The lowest BCUT2D eigenvalue weighted by Gasteiger charge is -2.06. The van der Waals surface area contributed by atoms with Gasteiger partial charge in [-0.2, -0.15) is 0 Å². The van der Waals surface area contributed by atoms with Crippen LogP contribution in [0.15, 0.2) is 18.2 Å². The fourth-order valence-corrected chi connectivity index (χ4v) is 1.83. The summed E-state index contributed by atoms with van der Waals surface area (Å²) in [5.74, 6) is 0.656. The Morgan fingerprint density at radius 3 is 3.17 bits per heavy atom. The molecule has 1 aliphatic rings. The molecule has 2 heteroatoms. The van der Waals surface area contributed by atoms with E-state index in [4.69, 9.17) is 5.73 Å². The maximum atomic E-state index is 5.83. The summed E-state index contributed by atoms with van der Waals surface area (Å²) in [5, 5.41) is 3.34. The Morgan fingerprint density at radius 1 is 1.58 bits per heavy atom. The molecule has 0 aliphatic carbocycles. The first-order valence-electron chi connectivity index (χ1n) is 4.45. The predicted molar refractivity (Wildman–Crippen MR) is 52.4 cm³/mol. The van der Waals surface area contributed by atoms with Gasteiger partial charge in [0.2, 0.25) is 0 Å². The van der Waals surface area contributed by atoms with Gasteiger partial charge in [-0.05, 0) is 18.1 Å². The van der Waals surface area contributed by atoms with Crippen LogP contribution in [-0.2, 0) is 0 Å². The monoisotopic (exact) mass is 162 g/mol. The Balaban J connectivity index is 2.46. The van der Waals surface area contributed by atoms with Gasteiger partial charge >= 0.3 is 0 Å². The summed E-state index contributed by atoms with van der Waals surface area (Å²) in [7, 11) is 0. The molecule has 1 aromatic carbocycles. The number of benzene rings is 1. The van der Waals surface area contributed by atoms with Crippen LogP contribution in [0, 0.1) is 0 Å². The molecule has 2 rings (SSSR count). The van der Waals surface area contributed by atoms with Crippen molar-refractivity contribution >= 4 is 11.4 Å². The molecule has 1 aromatic rings. The van der Waals surface area contributed by atoms with Crippen LogP contribution < -0.4 is 11.1 Å². The fourth-order valence-electron chi connectivity index (χ4n) is 1.83. The van der Waals surface area contributed by atoms with Crippen molar-refractivity contribution in [2.75, 3.05) is 17.6 Å². The minimum Gasteiger partial charge on any atom is -0.397 e. The third kappa shape index (κ3) is 0.951. The van der Waals surface area contributed by atoms with Gasteiger partial charge in [-0.1, -0.05) is 19.1 Å². The smallest absolute Gasteiger partial charge is 0.0610 e. The van der Waals surface area contributed by atoms with Gasteiger partial charge in [0.15, 0.2) is 0 Å². The van der Waals surface area contributed by atoms with Crippen molar-refractivity contribution in [3.05, 3.63) is 23.8 Å². The zero-order valence-electron chi connectivity index (χ0n) is 7.30. The van der Waals surface area contributed by atoms with Crippen LogP contribution in [0.5, 0.6) is 0 Å². The predicted octanol–water partition coefficient (Wildman–Crippen LogP) is 2.19. The van der Waals surface area contributed by atoms with E-state index in [1.54, 1.807) is 0 Å². The molecule has 0 unspecified atom stereocenters. The van der Waals surface area contributed by atoms with Gasteiger partial charge in [-0.15, -0.1) is 0 Å². The zero-order chi connectivity index (χ0) is 8.55. The first-order valence-corrected chi connectivity index (χ1v) is 4.45. The molecule has 0 saturated heterocycles. The SMILES string of the molecule is CC[C@@H]1CNc2c(N)cccc21. The molecule has 2 nitrogen and oxygen atoms in total. The molecule has 1 atom stereocenters. The molecule has 0 spiro atoms. The Labute approximate surface area is 72.8 Å². The van der Waals surface area contributed by atoms with Crippen LogP contribution in [-0.4, -0.2) is 6.54 Å². The molecule has 0 fully saturated rings. The lowest BCUT2D eigenvalue weighted by molar-refractivity contribution is 0.727. The molecule has 0 amide bonds. The highest BCUT2D eigenvalue weighted by molar-refractivity contribution is 5.73. The summed E-state index contributed by atoms with van der Waals surface area (Å²) in [6, 6.07) is 6.15. The molecule has 3 N–H and O–H groups in total. The number of anilines is 2. The van der Waals surface area contributed by atoms with Crippen molar-refractivity contribution in [2.24, 2.45) is 0 Å². The number of para-hydroxylation sites is 1. The van der Waals surface area contributed by atoms with E-state index in [-0.39, 0.29) is 0 Å². The van der Waals surface area contributed by atoms with Gasteiger partial charge in [0.05, 0.1) is 11.4 Å². The summed E-state index contributed by atoms with van der Waals surface area (Å²) < 4.78 is 0. The first kappa shape index (κ1) is 7.47. The minimum atomic E-state index is 0.656. The van der Waals surface area contributed by atoms with E-state index in [1.165, 1.54) is 12.0 Å². The summed E-state index contributed by atoms with van der Waals surface area (Å²) in [6.45, 7) is 3.25. The van der Waals surface area contributed by atoms with Crippen molar-refractivity contribution in [2.45, 2.75) is 19.3 Å². The summed E-state index contributed by atoms with van der Waals surface area (Å²) in [5.41, 5.74) is 9.25. The van der Waals surface area contributed by atoms with Crippen molar-refractivity contribution in [3.8, 4) is 0 Å². The van der Waals surface area contributed by atoms with Gasteiger partial charge < -0.3 is 11.1 Å². The van der Waals surface area contributed by atoms with Gasteiger partial charge in [0, 0.05) is 12.5 Å². The Bertz CT molecular complexity index is 294. The normalized spacial score (nSPS) is 20.2. The van der Waals surface area contributed by atoms with Crippen LogP contribution in [0.4, 0.5) is 11.4 Å². The maximum Gasteiger partial charge on any atom is 0.0610 e. The number of nitrogen functional groups attached to an aromatic ring is 1. The van der Waals surface area contributed by atoms with Gasteiger partial charge in [0.25, 0.3) is 0 Å². The standard InChI is InChI=1S/C10H14N2/c1-2-7-6-12-10-8(7)4-3-5-9(10)11/h3-5,7,12H,2,6,11H2,1H3/t7-/m1/s1. The van der Waals surface area contributed by atoms with E-state index in [9.17, 15) is 0 Å². The maximum absolute atomic E-state index is 5.83. The number of hydrogen-bond donors (Lipinski definition) is 2. The second-order valence-electron chi connectivity index (χ2n) is 3.30. The third-order valence-corrected chi connectivity index (χ3v) is 2.59. The van der Waals surface area contributed by atoms with Gasteiger partial charge in [-0.25, -0.2) is 0 Å². The molecular formula is C10H14N2. The third-order valence-electron chi connectivity index (χ3n) is 2.59. The van der Waals surface area contributed by atoms with Crippen molar-refractivity contribution in [1.82, 2.24) is 0 Å². The van der Waals surface area contributed by atoms with Gasteiger partial charge in [0.1, 0.15) is 0 Å². The first-order chi connectivity index (χ1) is 5.83. The van der Waals surface area contributed by atoms with E-state index >= 15 is 0 Å². The Morgan fingerprint density at radius 2 is 2.42 bits per heavy atom. The quantitative estimate of drug-likeness (QED) is 0.621. The van der Waals surface area contributed by atoms with Crippen LogP contribution in [0.25, 0.3) is 0 Å². The molecule has 0 saturated carbocycles. The second kappa shape index (κ2) is 2.70. The summed E-state index contributed by atoms with van der Waals surface area (Å²) in [4.78, 5) is 0. The molecule has 64 valence electrons. The number of nitrogens with two attached hydrogens (primary N) is 1. The Kier molecular flexibility index (Phi) is 1.68. The fraction of sp³-hybridized carbons (Fsp3) is 0.400. The summed E-state index contributed by atoms with van der Waals surface area (Å²) >= 11 is 0. The highest BCUT2D eigenvalue weighted by Crippen LogP contribution is 2.36. The van der Waals surface area contributed by atoms with Crippen molar-refractivity contribution in [1.29, 1.82) is 0 Å². The lowest BCUT2D eigenvalue weighted by Crippen LogP contribution is -1.99. The van der Waals surface area contributed by atoms with Crippen molar-refractivity contribution < 1.29 is 0 Å². The highest BCUT2D eigenvalue weighted by atomic mass is 14.9. The molecule has 0 aromatic heterocycles. The molecule has 12 heavy (non-hydrogen) atoms. The average Bonchev–Trinajstić information content (AvgIpc) is 2.49. The van der Waals surface area contributed by atoms with Crippen LogP contribution >= 0.6 is 0 Å². The van der Waals surface area contributed by atoms with E-state index in [1.807, 2.05) is 12.1 Å².